The highest BCUT2D eigenvalue weighted by atomic mass is 16.6. The second kappa shape index (κ2) is 5.01. The van der Waals surface area contributed by atoms with Gasteiger partial charge in [-0.1, -0.05) is 0 Å². The van der Waals surface area contributed by atoms with E-state index >= 15 is 0 Å². The fraction of sp³-hybridized carbons (Fsp3) is 0.818. The quantitative estimate of drug-likeness (QED) is 0.718. The van der Waals surface area contributed by atoms with Gasteiger partial charge < -0.3 is 4.74 Å². The van der Waals surface area contributed by atoms with Crippen LogP contribution in [0.2, 0.25) is 0 Å². The zero-order valence-electron chi connectivity index (χ0n) is 9.45. The normalized spacial score (nSPS) is 18.2. The fourth-order valence-electron chi connectivity index (χ4n) is 2.21. The first kappa shape index (κ1) is 11.8. The molecule has 4 nitrogen and oxygen atoms in total. The summed E-state index contributed by atoms with van der Waals surface area (Å²) in [6, 6.07) is 2.29. The molecule has 0 spiro atoms. The minimum absolute atomic E-state index is 0.358. The molecule has 0 aromatic carbocycles. The van der Waals surface area contributed by atoms with Crippen LogP contribution in [-0.2, 0) is 4.74 Å². The summed E-state index contributed by atoms with van der Waals surface area (Å²) in [6.07, 6.45) is 3.22. The standard InChI is InChI=1S/C11H18N2O2/c1-3-13(10(14)15-4-2)11(9-12)7-5-6-8-11/h3-8H2,1-2H3. The van der Waals surface area contributed by atoms with Gasteiger partial charge in [0.2, 0.25) is 0 Å². The number of nitriles is 1. The molecule has 0 N–H and O–H groups in total. The van der Waals surface area contributed by atoms with Crippen LogP contribution in [0, 0.1) is 11.3 Å². The van der Waals surface area contributed by atoms with Gasteiger partial charge in [0.05, 0.1) is 12.7 Å². The molecule has 1 aliphatic carbocycles. The first-order chi connectivity index (χ1) is 7.20. The molecule has 0 aromatic heterocycles. The minimum atomic E-state index is -0.610. The van der Waals surface area contributed by atoms with Crippen molar-refractivity contribution in [2.75, 3.05) is 13.2 Å². The molecule has 1 fully saturated rings. The second-order valence-electron chi connectivity index (χ2n) is 3.79. The summed E-state index contributed by atoms with van der Waals surface area (Å²) in [6.45, 7) is 4.55. The lowest BCUT2D eigenvalue weighted by Crippen LogP contribution is -2.49. The fourth-order valence-corrected chi connectivity index (χ4v) is 2.21. The number of amides is 1. The zero-order chi connectivity index (χ0) is 11.3. The van der Waals surface area contributed by atoms with Crippen LogP contribution in [0.3, 0.4) is 0 Å². The number of carbonyl (C=O) groups excluding carboxylic acids is 1. The van der Waals surface area contributed by atoms with Crippen molar-refractivity contribution < 1.29 is 9.53 Å². The van der Waals surface area contributed by atoms with Crippen molar-refractivity contribution in [3.63, 3.8) is 0 Å². The van der Waals surface area contributed by atoms with Gasteiger partial charge in [0, 0.05) is 6.54 Å². The van der Waals surface area contributed by atoms with E-state index in [0.717, 1.165) is 25.7 Å². The molecule has 1 saturated carbocycles. The smallest absolute Gasteiger partial charge is 0.411 e. The average molecular weight is 210 g/mol. The van der Waals surface area contributed by atoms with Gasteiger partial charge in [-0.3, -0.25) is 4.90 Å². The maximum absolute atomic E-state index is 11.7. The highest BCUT2D eigenvalue weighted by molar-refractivity contribution is 5.69. The van der Waals surface area contributed by atoms with E-state index in [2.05, 4.69) is 6.07 Å². The van der Waals surface area contributed by atoms with Crippen molar-refractivity contribution in [3.05, 3.63) is 0 Å². The lowest BCUT2D eigenvalue weighted by molar-refractivity contribution is 0.0760. The molecule has 1 amide bonds. The Morgan fingerprint density at radius 2 is 2.07 bits per heavy atom. The number of hydrogen-bond donors (Lipinski definition) is 0. The van der Waals surface area contributed by atoms with Crippen molar-refractivity contribution in [1.82, 2.24) is 4.90 Å². The summed E-state index contributed by atoms with van der Waals surface area (Å²) in [7, 11) is 0. The first-order valence-corrected chi connectivity index (χ1v) is 5.56. The third-order valence-electron chi connectivity index (χ3n) is 2.96. The number of nitrogens with zero attached hydrogens (tertiary/aromatic N) is 2. The molecule has 1 aliphatic rings. The van der Waals surface area contributed by atoms with Crippen LogP contribution in [0.25, 0.3) is 0 Å². The maximum atomic E-state index is 11.7. The summed E-state index contributed by atoms with van der Waals surface area (Å²) >= 11 is 0. The van der Waals surface area contributed by atoms with Crippen LogP contribution in [0.5, 0.6) is 0 Å². The number of carbonyl (C=O) groups is 1. The topological polar surface area (TPSA) is 53.3 Å². The van der Waals surface area contributed by atoms with Crippen LogP contribution < -0.4 is 0 Å². The molecular weight excluding hydrogens is 192 g/mol. The molecule has 0 bridgehead atoms. The number of ether oxygens (including phenoxy) is 1. The lowest BCUT2D eigenvalue weighted by Gasteiger charge is -2.33. The molecule has 0 aromatic rings. The van der Waals surface area contributed by atoms with E-state index in [9.17, 15) is 10.1 Å². The van der Waals surface area contributed by atoms with Gasteiger partial charge in [0.15, 0.2) is 0 Å². The van der Waals surface area contributed by atoms with Crippen molar-refractivity contribution >= 4 is 6.09 Å². The van der Waals surface area contributed by atoms with Crippen LogP contribution in [0.1, 0.15) is 39.5 Å². The SMILES string of the molecule is CCOC(=O)N(CC)C1(C#N)CCCC1. The molecular formula is C11H18N2O2. The van der Waals surface area contributed by atoms with Crippen LogP contribution in [0.4, 0.5) is 4.79 Å². The summed E-state index contributed by atoms with van der Waals surface area (Å²) in [5, 5.41) is 9.24. The third kappa shape index (κ3) is 2.23. The zero-order valence-corrected chi connectivity index (χ0v) is 9.45. The van der Waals surface area contributed by atoms with E-state index in [1.54, 1.807) is 11.8 Å². The molecule has 0 heterocycles. The monoisotopic (exact) mass is 210 g/mol. The van der Waals surface area contributed by atoms with E-state index < -0.39 is 5.54 Å². The van der Waals surface area contributed by atoms with Gasteiger partial charge in [-0.15, -0.1) is 0 Å². The Morgan fingerprint density at radius 1 is 1.47 bits per heavy atom. The van der Waals surface area contributed by atoms with E-state index in [1.165, 1.54) is 0 Å². The van der Waals surface area contributed by atoms with E-state index in [4.69, 9.17) is 4.74 Å². The van der Waals surface area contributed by atoms with Gasteiger partial charge in [0.25, 0.3) is 0 Å². The largest absolute Gasteiger partial charge is 0.450 e. The molecule has 0 unspecified atom stereocenters. The third-order valence-corrected chi connectivity index (χ3v) is 2.96. The van der Waals surface area contributed by atoms with Crippen molar-refractivity contribution in [2.24, 2.45) is 0 Å². The Labute approximate surface area is 90.8 Å². The van der Waals surface area contributed by atoms with E-state index in [1.807, 2.05) is 6.92 Å². The first-order valence-electron chi connectivity index (χ1n) is 5.56. The van der Waals surface area contributed by atoms with Crippen molar-refractivity contribution in [3.8, 4) is 6.07 Å². The molecule has 0 radical (unpaired) electrons. The Morgan fingerprint density at radius 3 is 2.47 bits per heavy atom. The predicted octanol–water partition coefficient (Wildman–Crippen LogP) is 2.30. The second-order valence-corrected chi connectivity index (χ2v) is 3.79. The number of hydrogen-bond acceptors (Lipinski definition) is 3. The van der Waals surface area contributed by atoms with Crippen molar-refractivity contribution in [2.45, 2.75) is 45.1 Å². The molecule has 1 rings (SSSR count). The molecule has 0 saturated heterocycles. The predicted molar refractivity (Wildman–Crippen MR) is 56.2 cm³/mol. The Balaban J connectivity index is 2.80. The highest BCUT2D eigenvalue weighted by Gasteiger charge is 2.42. The van der Waals surface area contributed by atoms with E-state index in [-0.39, 0.29) is 6.09 Å². The maximum Gasteiger partial charge on any atom is 0.411 e. The van der Waals surface area contributed by atoms with Gasteiger partial charge >= 0.3 is 6.09 Å². The molecule has 84 valence electrons. The molecule has 4 heteroatoms. The molecule has 15 heavy (non-hydrogen) atoms. The van der Waals surface area contributed by atoms with Crippen LogP contribution in [0.15, 0.2) is 0 Å². The van der Waals surface area contributed by atoms with Gasteiger partial charge in [-0.25, -0.2) is 4.79 Å². The van der Waals surface area contributed by atoms with Crippen LogP contribution in [-0.4, -0.2) is 29.7 Å². The van der Waals surface area contributed by atoms with Gasteiger partial charge in [-0.2, -0.15) is 5.26 Å². The highest BCUT2D eigenvalue weighted by Crippen LogP contribution is 2.34. The molecule has 0 atom stereocenters. The summed E-state index contributed by atoms with van der Waals surface area (Å²) < 4.78 is 4.97. The van der Waals surface area contributed by atoms with Crippen molar-refractivity contribution in [1.29, 1.82) is 5.26 Å². The van der Waals surface area contributed by atoms with Crippen LogP contribution >= 0.6 is 0 Å². The Kier molecular flexibility index (Phi) is 3.96. The van der Waals surface area contributed by atoms with Gasteiger partial charge in [-0.05, 0) is 39.5 Å². The van der Waals surface area contributed by atoms with E-state index in [0.29, 0.717) is 13.2 Å². The summed E-state index contributed by atoms with van der Waals surface area (Å²) in [5.74, 6) is 0. The minimum Gasteiger partial charge on any atom is -0.450 e. The summed E-state index contributed by atoms with van der Waals surface area (Å²) in [5.41, 5.74) is -0.610. The number of rotatable bonds is 3. The molecule has 0 aliphatic heterocycles. The Hall–Kier alpha value is -1.24. The summed E-state index contributed by atoms with van der Waals surface area (Å²) in [4.78, 5) is 13.3. The Bertz CT molecular complexity index is 264. The average Bonchev–Trinajstić information content (AvgIpc) is 2.69. The lowest BCUT2D eigenvalue weighted by atomic mass is 9.98. The van der Waals surface area contributed by atoms with Gasteiger partial charge in [0.1, 0.15) is 5.54 Å².